The first-order valence-corrected chi connectivity index (χ1v) is 5.89. The predicted octanol–water partition coefficient (Wildman–Crippen LogP) is 0.0561. The third kappa shape index (κ3) is 8.17. The van der Waals surface area contributed by atoms with E-state index in [1.165, 1.54) is 18.9 Å². The van der Waals surface area contributed by atoms with Gasteiger partial charge in [0, 0.05) is 26.7 Å². The highest BCUT2D eigenvalue weighted by Crippen LogP contribution is 2.07. The second-order valence-corrected chi connectivity index (χ2v) is 4.45. The molecule has 7 heteroatoms. The Balaban J connectivity index is 4.31. The molecule has 0 spiro atoms. The number of carbonyl (C=O) groups excluding carboxylic acids is 1. The summed E-state index contributed by atoms with van der Waals surface area (Å²) in [6.45, 7) is 5.87. The van der Waals surface area contributed by atoms with Crippen molar-refractivity contribution in [1.82, 2.24) is 10.2 Å². The van der Waals surface area contributed by atoms with Crippen LogP contribution in [0.1, 0.15) is 13.3 Å². The first-order valence-electron chi connectivity index (χ1n) is 5.89. The standard InChI is InChI=1S/C12H22N2O5/c1-4-5-14(6-7-19-3)11(17)13-9-12(2,18)8-10(15)16/h4,18H,1,5-9H2,2-3H3,(H,13,17)(H,15,16). The van der Waals surface area contributed by atoms with Crippen LogP contribution in [-0.2, 0) is 9.53 Å². The fourth-order valence-electron chi connectivity index (χ4n) is 1.40. The summed E-state index contributed by atoms with van der Waals surface area (Å²) in [5, 5.41) is 20.9. The van der Waals surface area contributed by atoms with E-state index < -0.39 is 24.0 Å². The van der Waals surface area contributed by atoms with Gasteiger partial charge in [-0.05, 0) is 6.92 Å². The third-order valence-corrected chi connectivity index (χ3v) is 2.35. The maximum atomic E-state index is 11.8. The van der Waals surface area contributed by atoms with E-state index in [-0.39, 0.29) is 6.54 Å². The zero-order chi connectivity index (χ0) is 14.9. The molecular weight excluding hydrogens is 252 g/mol. The number of nitrogens with zero attached hydrogens (tertiary/aromatic N) is 1. The van der Waals surface area contributed by atoms with E-state index in [9.17, 15) is 14.7 Å². The molecular formula is C12H22N2O5. The van der Waals surface area contributed by atoms with E-state index in [1.807, 2.05) is 0 Å². The van der Waals surface area contributed by atoms with Gasteiger partial charge in [-0.25, -0.2) is 4.79 Å². The molecule has 2 amide bonds. The highest BCUT2D eigenvalue weighted by atomic mass is 16.5. The minimum atomic E-state index is -1.48. The molecule has 0 aromatic carbocycles. The van der Waals surface area contributed by atoms with Crippen molar-refractivity contribution in [1.29, 1.82) is 0 Å². The topological polar surface area (TPSA) is 99.1 Å². The van der Waals surface area contributed by atoms with E-state index in [0.29, 0.717) is 19.7 Å². The van der Waals surface area contributed by atoms with E-state index in [2.05, 4.69) is 11.9 Å². The number of aliphatic carboxylic acids is 1. The monoisotopic (exact) mass is 274 g/mol. The second-order valence-electron chi connectivity index (χ2n) is 4.45. The lowest BCUT2D eigenvalue weighted by atomic mass is 10.0. The van der Waals surface area contributed by atoms with Gasteiger partial charge in [0.05, 0.1) is 18.6 Å². The Morgan fingerprint density at radius 2 is 2.16 bits per heavy atom. The molecule has 0 aromatic rings. The van der Waals surface area contributed by atoms with Crippen molar-refractivity contribution in [2.24, 2.45) is 0 Å². The normalized spacial score (nSPS) is 13.4. The third-order valence-electron chi connectivity index (χ3n) is 2.35. The van der Waals surface area contributed by atoms with Gasteiger partial charge in [0.1, 0.15) is 0 Å². The van der Waals surface area contributed by atoms with Crippen LogP contribution >= 0.6 is 0 Å². The highest BCUT2D eigenvalue weighted by molar-refractivity contribution is 5.74. The summed E-state index contributed by atoms with van der Waals surface area (Å²) in [7, 11) is 1.53. The number of methoxy groups -OCH3 is 1. The van der Waals surface area contributed by atoms with Gasteiger partial charge in [-0.15, -0.1) is 6.58 Å². The molecule has 0 aromatic heterocycles. The molecule has 0 aliphatic heterocycles. The first kappa shape index (κ1) is 17.4. The molecule has 0 rings (SSSR count). The molecule has 0 bridgehead atoms. The van der Waals surface area contributed by atoms with Gasteiger partial charge >= 0.3 is 12.0 Å². The van der Waals surface area contributed by atoms with Crippen LogP contribution in [0.4, 0.5) is 4.79 Å². The molecule has 19 heavy (non-hydrogen) atoms. The van der Waals surface area contributed by atoms with Crippen molar-refractivity contribution in [2.45, 2.75) is 18.9 Å². The molecule has 0 aliphatic carbocycles. The van der Waals surface area contributed by atoms with Crippen LogP contribution in [0.2, 0.25) is 0 Å². The number of carbonyl (C=O) groups is 2. The lowest BCUT2D eigenvalue weighted by Crippen LogP contribution is -2.48. The van der Waals surface area contributed by atoms with Crippen molar-refractivity contribution in [2.75, 3.05) is 33.4 Å². The Kier molecular flexibility index (Phi) is 7.78. The summed E-state index contributed by atoms with van der Waals surface area (Å²) in [6.07, 6.45) is 1.14. The van der Waals surface area contributed by atoms with Gasteiger partial charge in [-0.1, -0.05) is 6.08 Å². The van der Waals surface area contributed by atoms with Crippen molar-refractivity contribution < 1.29 is 24.5 Å². The second kappa shape index (κ2) is 8.49. The number of carboxylic acid groups (broad SMARTS) is 1. The number of rotatable bonds is 9. The maximum absolute atomic E-state index is 11.8. The van der Waals surface area contributed by atoms with Crippen molar-refractivity contribution >= 4 is 12.0 Å². The van der Waals surface area contributed by atoms with Gasteiger partial charge in [0.2, 0.25) is 0 Å². The van der Waals surface area contributed by atoms with E-state index in [1.54, 1.807) is 6.08 Å². The van der Waals surface area contributed by atoms with Crippen LogP contribution in [0, 0.1) is 0 Å². The number of hydrogen-bond donors (Lipinski definition) is 3. The van der Waals surface area contributed by atoms with Crippen LogP contribution < -0.4 is 5.32 Å². The van der Waals surface area contributed by atoms with E-state index in [4.69, 9.17) is 9.84 Å². The van der Waals surface area contributed by atoms with Crippen LogP contribution in [0.15, 0.2) is 12.7 Å². The minimum Gasteiger partial charge on any atom is -0.481 e. The molecule has 1 unspecified atom stereocenters. The number of aliphatic hydroxyl groups is 1. The fraction of sp³-hybridized carbons (Fsp3) is 0.667. The Morgan fingerprint density at radius 3 is 2.63 bits per heavy atom. The summed E-state index contributed by atoms with van der Waals surface area (Å²) < 4.78 is 4.88. The predicted molar refractivity (Wildman–Crippen MR) is 69.9 cm³/mol. The Hall–Kier alpha value is -1.60. The molecule has 0 aliphatic rings. The number of nitrogens with one attached hydrogen (secondary N) is 1. The highest BCUT2D eigenvalue weighted by Gasteiger charge is 2.25. The average molecular weight is 274 g/mol. The molecule has 1 atom stereocenters. The molecule has 3 N–H and O–H groups in total. The molecule has 0 saturated carbocycles. The summed E-state index contributed by atoms with van der Waals surface area (Å²) in [4.78, 5) is 23.8. The largest absolute Gasteiger partial charge is 0.481 e. The Morgan fingerprint density at radius 1 is 1.53 bits per heavy atom. The molecule has 110 valence electrons. The summed E-state index contributed by atoms with van der Waals surface area (Å²) in [6, 6.07) is -0.400. The van der Waals surface area contributed by atoms with Crippen LogP contribution in [0.5, 0.6) is 0 Å². The first-order chi connectivity index (χ1) is 8.82. The van der Waals surface area contributed by atoms with Crippen LogP contribution in [-0.4, -0.2) is 66.1 Å². The number of ether oxygens (including phenoxy) is 1. The Bertz CT molecular complexity index is 317. The van der Waals surface area contributed by atoms with Gasteiger partial charge in [-0.2, -0.15) is 0 Å². The van der Waals surface area contributed by atoms with Crippen molar-refractivity contribution in [3.05, 3.63) is 12.7 Å². The van der Waals surface area contributed by atoms with Crippen molar-refractivity contribution in [3.8, 4) is 0 Å². The van der Waals surface area contributed by atoms with E-state index in [0.717, 1.165) is 0 Å². The molecule has 0 fully saturated rings. The van der Waals surface area contributed by atoms with Gasteiger partial charge in [0.15, 0.2) is 0 Å². The SMILES string of the molecule is C=CCN(CCOC)C(=O)NCC(C)(O)CC(=O)O. The number of urea groups is 1. The molecule has 0 saturated heterocycles. The minimum absolute atomic E-state index is 0.140. The van der Waals surface area contributed by atoms with Gasteiger partial charge in [-0.3, -0.25) is 4.79 Å². The zero-order valence-electron chi connectivity index (χ0n) is 11.4. The molecule has 0 radical (unpaired) electrons. The molecule has 7 nitrogen and oxygen atoms in total. The quantitative estimate of drug-likeness (QED) is 0.516. The number of amides is 2. The lowest BCUT2D eigenvalue weighted by molar-refractivity contribution is -0.141. The van der Waals surface area contributed by atoms with Gasteiger partial charge in [0.25, 0.3) is 0 Å². The Labute approximate surface area is 112 Å². The summed E-state index contributed by atoms with van der Waals surface area (Å²) in [5.74, 6) is -1.12. The summed E-state index contributed by atoms with van der Waals surface area (Å²) >= 11 is 0. The van der Waals surface area contributed by atoms with Crippen LogP contribution in [0.3, 0.4) is 0 Å². The van der Waals surface area contributed by atoms with Crippen LogP contribution in [0.25, 0.3) is 0 Å². The zero-order valence-corrected chi connectivity index (χ0v) is 11.4. The number of carboxylic acids is 1. The lowest BCUT2D eigenvalue weighted by Gasteiger charge is -2.25. The average Bonchev–Trinajstić information content (AvgIpc) is 2.30. The van der Waals surface area contributed by atoms with Crippen molar-refractivity contribution in [3.63, 3.8) is 0 Å². The van der Waals surface area contributed by atoms with E-state index >= 15 is 0 Å². The maximum Gasteiger partial charge on any atom is 0.317 e. The summed E-state index contributed by atoms with van der Waals surface area (Å²) in [5.41, 5.74) is -1.48. The number of hydrogen-bond acceptors (Lipinski definition) is 4. The molecule has 0 heterocycles. The van der Waals surface area contributed by atoms with Gasteiger partial charge < -0.3 is 25.2 Å². The fourth-order valence-corrected chi connectivity index (χ4v) is 1.40. The smallest absolute Gasteiger partial charge is 0.317 e.